The van der Waals surface area contributed by atoms with Crippen molar-refractivity contribution >= 4 is 21.8 Å². The largest absolute Gasteiger partial charge is 0.310 e. The van der Waals surface area contributed by atoms with Crippen LogP contribution in [-0.4, -0.2) is 19.5 Å². The number of H-pyrrole nitrogens is 1. The molecule has 0 amide bonds. The number of hydrogen-bond donors (Lipinski definition) is 1. The number of nitrogens with zero attached hydrogens (tertiary/aromatic N) is 3. The average molecular weight is 405 g/mol. The van der Waals surface area contributed by atoms with Crippen molar-refractivity contribution in [3.63, 3.8) is 0 Å². The van der Waals surface area contributed by atoms with Gasteiger partial charge < -0.3 is 4.98 Å². The molecule has 4 rings (SSSR count). The first-order valence-corrected chi connectivity index (χ1v) is 9.95. The van der Waals surface area contributed by atoms with E-state index in [1.165, 1.54) is 0 Å². The van der Waals surface area contributed by atoms with Crippen molar-refractivity contribution in [2.24, 2.45) is 0 Å². The lowest BCUT2D eigenvalue weighted by molar-refractivity contribution is 0.382. The molecule has 0 fully saturated rings. The predicted molar refractivity (Wildman–Crippen MR) is 122 cm³/mol. The molecule has 1 N–H and O–H groups in total. The summed E-state index contributed by atoms with van der Waals surface area (Å²) in [6.45, 7) is 12.1. The molecule has 6 heteroatoms. The highest BCUT2D eigenvalue weighted by Gasteiger charge is 2.17. The van der Waals surface area contributed by atoms with E-state index in [0.717, 1.165) is 16.9 Å². The number of nitrogens with one attached hydrogen (secondary N) is 1. The van der Waals surface area contributed by atoms with Gasteiger partial charge in [-0.25, -0.2) is 9.97 Å². The zero-order valence-electron chi connectivity index (χ0n) is 18.4. The maximum absolute atomic E-state index is 12.1. The third-order valence-corrected chi connectivity index (χ3v) is 4.71. The Bertz CT molecular complexity index is 1310. The molecule has 156 valence electrons. The highest BCUT2D eigenvalue weighted by molar-refractivity contribution is 5.77. The number of hydrogen-bond acceptors (Lipinski definition) is 4. The van der Waals surface area contributed by atoms with Gasteiger partial charge in [0, 0.05) is 11.0 Å². The molecule has 0 saturated heterocycles. The van der Waals surface area contributed by atoms with E-state index in [2.05, 4.69) is 15.0 Å². The first-order valence-electron chi connectivity index (χ1n) is 9.95. The Kier molecular flexibility index (Phi) is 5.61. The summed E-state index contributed by atoms with van der Waals surface area (Å²) >= 11 is 0. The minimum absolute atomic E-state index is 0.0214. The van der Waals surface area contributed by atoms with Crippen LogP contribution < -0.4 is 11.1 Å². The van der Waals surface area contributed by atoms with Crippen molar-refractivity contribution in [1.29, 1.82) is 0 Å². The van der Waals surface area contributed by atoms with Crippen molar-refractivity contribution < 1.29 is 0 Å². The molecule has 0 spiro atoms. The molecule has 0 radical (unpaired) electrons. The van der Waals surface area contributed by atoms with Gasteiger partial charge in [0.15, 0.2) is 0 Å². The fourth-order valence-electron chi connectivity index (χ4n) is 2.99. The molecule has 0 aliphatic carbocycles. The van der Waals surface area contributed by atoms with E-state index in [9.17, 15) is 9.59 Å². The second-order valence-electron chi connectivity index (χ2n) is 9.29. The van der Waals surface area contributed by atoms with Gasteiger partial charge in [-0.3, -0.25) is 14.2 Å². The van der Waals surface area contributed by atoms with Gasteiger partial charge in [-0.15, -0.1) is 0 Å². The molecular weight excluding hydrogens is 376 g/mol. The van der Waals surface area contributed by atoms with Crippen LogP contribution in [0.4, 0.5) is 0 Å². The van der Waals surface area contributed by atoms with Crippen molar-refractivity contribution in [2.45, 2.75) is 52.5 Å². The average Bonchev–Trinajstić information content (AvgIpc) is 2.67. The minimum Gasteiger partial charge on any atom is -0.310 e. The van der Waals surface area contributed by atoms with Crippen LogP contribution in [0, 0.1) is 0 Å². The first kappa shape index (κ1) is 21.4. The van der Waals surface area contributed by atoms with E-state index in [1.54, 1.807) is 17.0 Å². The van der Waals surface area contributed by atoms with Gasteiger partial charge in [0.05, 0.1) is 28.1 Å². The Morgan fingerprint density at radius 3 is 1.97 bits per heavy atom. The van der Waals surface area contributed by atoms with Crippen LogP contribution in [0.1, 0.15) is 47.4 Å². The lowest BCUT2D eigenvalue weighted by atomic mass is 9.95. The molecule has 0 atom stereocenters. The van der Waals surface area contributed by atoms with Gasteiger partial charge in [0.1, 0.15) is 5.82 Å². The Labute approximate surface area is 175 Å². The van der Waals surface area contributed by atoms with E-state index < -0.39 is 0 Å². The molecule has 2 aromatic carbocycles. The Hall–Kier alpha value is -3.28. The van der Waals surface area contributed by atoms with Gasteiger partial charge in [0.25, 0.3) is 11.1 Å². The lowest BCUT2D eigenvalue weighted by Gasteiger charge is -2.21. The summed E-state index contributed by atoms with van der Waals surface area (Å²) in [6.07, 6.45) is 1.62. The molecule has 30 heavy (non-hydrogen) atoms. The highest BCUT2D eigenvalue weighted by atomic mass is 16.1. The Balaban J connectivity index is 0.000000171. The van der Waals surface area contributed by atoms with Crippen LogP contribution in [-0.2, 0) is 11.0 Å². The standard InChI is InChI=1S/2C12H14N2O/c1-12(2,3)14-8-13-10-7-5-4-6-9(10)11(14)15;1-12(2,3)11-13-9-7-5-4-6-8(9)10(15)14-11/h4-8H,1-3H3;4-7H,1-3H3,(H,13,14,15). The second-order valence-corrected chi connectivity index (χ2v) is 9.29. The molecule has 2 heterocycles. The monoisotopic (exact) mass is 404 g/mol. The normalized spacial score (nSPS) is 11.9. The topological polar surface area (TPSA) is 80.6 Å². The van der Waals surface area contributed by atoms with Crippen LogP contribution in [0.5, 0.6) is 0 Å². The maximum atomic E-state index is 12.1. The third kappa shape index (κ3) is 4.48. The number of para-hydroxylation sites is 2. The number of rotatable bonds is 0. The third-order valence-electron chi connectivity index (χ3n) is 4.71. The van der Waals surface area contributed by atoms with Gasteiger partial charge in [-0.2, -0.15) is 0 Å². The molecule has 0 saturated carbocycles. The van der Waals surface area contributed by atoms with E-state index in [0.29, 0.717) is 10.8 Å². The SMILES string of the molecule is CC(C)(C)c1nc2ccccc2c(=O)[nH]1.CC(C)(C)n1cnc2ccccc2c1=O. The summed E-state index contributed by atoms with van der Waals surface area (Å²) in [6, 6.07) is 14.8. The van der Waals surface area contributed by atoms with Crippen LogP contribution in [0.3, 0.4) is 0 Å². The van der Waals surface area contributed by atoms with E-state index in [1.807, 2.05) is 84.0 Å². The molecule has 0 bridgehead atoms. The fourth-order valence-corrected chi connectivity index (χ4v) is 2.99. The molecule has 6 nitrogen and oxygen atoms in total. The van der Waals surface area contributed by atoms with Crippen molar-refractivity contribution in [1.82, 2.24) is 19.5 Å². The minimum atomic E-state index is -0.228. The van der Waals surface area contributed by atoms with Gasteiger partial charge in [-0.1, -0.05) is 45.0 Å². The molecule has 0 aliphatic heterocycles. The van der Waals surface area contributed by atoms with E-state index in [4.69, 9.17) is 0 Å². The number of fused-ring (bicyclic) bond motifs is 2. The van der Waals surface area contributed by atoms with E-state index >= 15 is 0 Å². The smallest absolute Gasteiger partial charge is 0.261 e. The summed E-state index contributed by atoms with van der Waals surface area (Å²) in [7, 11) is 0. The van der Waals surface area contributed by atoms with Crippen LogP contribution in [0.25, 0.3) is 21.8 Å². The zero-order valence-corrected chi connectivity index (χ0v) is 18.4. The maximum Gasteiger partial charge on any atom is 0.261 e. The second kappa shape index (κ2) is 7.86. The van der Waals surface area contributed by atoms with Crippen LogP contribution in [0.2, 0.25) is 0 Å². The van der Waals surface area contributed by atoms with Crippen molar-refractivity contribution in [2.75, 3.05) is 0 Å². The number of aromatic amines is 1. The summed E-state index contributed by atoms with van der Waals surface area (Å²) in [5, 5.41) is 1.32. The predicted octanol–water partition coefficient (Wildman–Crippen LogP) is 4.37. The van der Waals surface area contributed by atoms with E-state index in [-0.39, 0.29) is 22.1 Å². The molecule has 0 aliphatic rings. The summed E-state index contributed by atoms with van der Waals surface area (Å²) < 4.78 is 1.66. The lowest BCUT2D eigenvalue weighted by Crippen LogP contribution is -2.33. The molecule has 0 unspecified atom stereocenters. The first-order chi connectivity index (χ1) is 14.0. The molecule has 4 aromatic rings. The van der Waals surface area contributed by atoms with Gasteiger partial charge >= 0.3 is 0 Å². The summed E-state index contributed by atoms with van der Waals surface area (Å²) in [4.78, 5) is 35.4. The van der Waals surface area contributed by atoms with Crippen LogP contribution in [0.15, 0.2) is 64.4 Å². The highest BCUT2D eigenvalue weighted by Crippen LogP contribution is 2.18. The quantitative estimate of drug-likeness (QED) is 0.472. The Morgan fingerprint density at radius 2 is 1.37 bits per heavy atom. The fraction of sp³-hybridized carbons (Fsp3) is 0.333. The van der Waals surface area contributed by atoms with Gasteiger partial charge in [-0.05, 0) is 45.0 Å². The van der Waals surface area contributed by atoms with Crippen molar-refractivity contribution in [3.05, 3.63) is 81.4 Å². The summed E-state index contributed by atoms with van der Waals surface area (Å²) in [5.41, 5.74) is 1.10. The molecule has 2 aromatic heterocycles. The molecular formula is C24H28N4O2. The number of benzene rings is 2. The van der Waals surface area contributed by atoms with Crippen LogP contribution >= 0.6 is 0 Å². The van der Waals surface area contributed by atoms with Gasteiger partial charge in [0.2, 0.25) is 0 Å². The number of aromatic nitrogens is 4. The zero-order chi connectivity index (χ0) is 22.1. The van der Waals surface area contributed by atoms with Crippen molar-refractivity contribution in [3.8, 4) is 0 Å². The Morgan fingerprint density at radius 1 is 0.800 bits per heavy atom. The summed E-state index contributed by atoms with van der Waals surface area (Å²) in [5.74, 6) is 0.728.